The molecule has 1 aromatic carbocycles. The Morgan fingerprint density at radius 3 is 2.33 bits per heavy atom. The van der Waals surface area contributed by atoms with E-state index in [2.05, 4.69) is 37.1 Å². The summed E-state index contributed by atoms with van der Waals surface area (Å²) in [4.78, 5) is 16.3. The van der Waals surface area contributed by atoms with Gasteiger partial charge in [-0.05, 0) is 67.6 Å². The van der Waals surface area contributed by atoms with Crippen LogP contribution in [0.4, 0.5) is 0 Å². The predicted octanol–water partition coefficient (Wildman–Crippen LogP) is 4.16. The average molecular weight is 326 g/mol. The Bertz CT molecular complexity index is 683. The average Bonchev–Trinajstić information content (AvgIpc) is 2.55. The van der Waals surface area contributed by atoms with E-state index < -0.39 is 6.10 Å². The Kier molecular flexibility index (Phi) is 5.96. The number of nitrogens with zero attached hydrogens (tertiary/aromatic N) is 1. The SMILES string of the molecule is Cc1cc(O[C@H](C)C(=O)N[C@@H](C)c2ccncc2)ccc1C(C)C. The predicted molar refractivity (Wildman–Crippen MR) is 96.2 cm³/mol. The van der Waals surface area contributed by atoms with E-state index in [0.29, 0.717) is 5.92 Å². The molecule has 0 spiro atoms. The number of ether oxygens (including phenoxy) is 1. The first kappa shape index (κ1) is 18.0. The molecule has 4 heteroatoms. The number of aryl methyl sites for hydroxylation is 1. The number of aromatic nitrogens is 1. The molecule has 0 aliphatic carbocycles. The van der Waals surface area contributed by atoms with E-state index in [4.69, 9.17) is 4.74 Å². The number of amides is 1. The van der Waals surface area contributed by atoms with E-state index in [1.165, 1.54) is 11.1 Å². The standard InChI is InChI=1S/C20H26N2O2/c1-13(2)19-7-6-18(12-14(19)3)24-16(5)20(23)22-15(4)17-8-10-21-11-9-17/h6-13,15-16H,1-5H3,(H,22,23)/t15-,16+/m0/s1. The van der Waals surface area contributed by atoms with Crippen molar-refractivity contribution in [3.63, 3.8) is 0 Å². The highest BCUT2D eigenvalue weighted by atomic mass is 16.5. The highest BCUT2D eigenvalue weighted by Crippen LogP contribution is 2.24. The third kappa shape index (κ3) is 4.57. The van der Waals surface area contributed by atoms with Crippen molar-refractivity contribution >= 4 is 5.91 Å². The molecule has 2 atom stereocenters. The molecule has 0 unspecified atom stereocenters. The van der Waals surface area contributed by atoms with Gasteiger partial charge in [0.25, 0.3) is 5.91 Å². The van der Waals surface area contributed by atoms with Crippen LogP contribution in [0.3, 0.4) is 0 Å². The monoisotopic (exact) mass is 326 g/mol. The Labute approximate surface area is 144 Å². The first-order valence-corrected chi connectivity index (χ1v) is 8.36. The van der Waals surface area contributed by atoms with Crippen LogP contribution in [0.1, 0.15) is 56.3 Å². The van der Waals surface area contributed by atoms with Crippen LogP contribution in [0.25, 0.3) is 0 Å². The lowest BCUT2D eigenvalue weighted by Crippen LogP contribution is -2.37. The molecule has 0 saturated carbocycles. The molecule has 0 aliphatic heterocycles. The lowest BCUT2D eigenvalue weighted by atomic mass is 9.98. The van der Waals surface area contributed by atoms with Crippen molar-refractivity contribution in [1.29, 1.82) is 0 Å². The summed E-state index contributed by atoms with van der Waals surface area (Å²) in [6, 6.07) is 9.69. The zero-order chi connectivity index (χ0) is 17.7. The number of benzene rings is 1. The van der Waals surface area contributed by atoms with Crippen LogP contribution >= 0.6 is 0 Å². The summed E-state index contributed by atoms with van der Waals surface area (Å²) in [5.74, 6) is 1.06. The van der Waals surface area contributed by atoms with Gasteiger partial charge in [-0.2, -0.15) is 0 Å². The molecule has 2 aromatic rings. The number of hydrogen-bond donors (Lipinski definition) is 1. The van der Waals surface area contributed by atoms with E-state index in [1.54, 1.807) is 19.3 Å². The summed E-state index contributed by atoms with van der Waals surface area (Å²) in [5, 5.41) is 2.97. The highest BCUT2D eigenvalue weighted by molar-refractivity contribution is 5.81. The van der Waals surface area contributed by atoms with Crippen molar-refractivity contribution in [2.45, 2.75) is 52.7 Å². The molecule has 0 radical (unpaired) electrons. The van der Waals surface area contributed by atoms with Crippen LogP contribution in [0.15, 0.2) is 42.7 Å². The van der Waals surface area contributed by atoms with Crippen molar-refractivity contribution < 1.29 is 9.53 Å². The molecule has 1 aromatic heterocycles. The van der Waals surface area contributed by atoms with E-state index in [-0.39, 0.29) is 11.9 Å². The van der Waals surface area contributed by atoms with Gasteiger partial charge in [-0.15, -0.1) is 0 Å². The third-order valence-corrected chi connectivity index (χ3v) is 4.11. The molecule has 1 N–H and O–H groups in total. The first-order chi connectivity index (χ1) is 11.4. The summed E-state index contributed by atoms with van der Waals surface area (Å²) < 4.78 is 5.80. The smallest absolute Gasteiger partial charge is 0.261 e. The molecule has 0 saturated heterocycles. The number of hydrogen-bond acceptors (Lipinski definition) is 3. The lowest BCUT2D eigenvalue weighted by molar-refractivity contribution is -0.127. The van der Waals surface area contributed by atoms with E-state index in [9.17, 15) is 4.79 Å². The molecular weight excluding hydrogens is 300 g/mol. The Balaban J connectivity index is 1.98. The number of carbonyl (C=O) groups excluding carboxylic acids is 1. The Morgan fingerprint density at radius 1 is 1.08 bits per heavy atom. The van der Waals surface area contributed by atoms with E-state index in [0.717, 1.165) is 11.3 Å². The van der Waals surface area contributed by atoms with Crippen molar-refractivity contribution in [3.8, 4) is 5.75 Å². The molecule has 4 nitrogen and oxygen atoms in total. The normalized spacial score (nSPS) is 13.4. The van der Waals surface area contributed by atoms with Crippen LogP contribution in [0.2, 0.25) is 0 Å². The van der Waals surface area contributed by atoms with Crippen molar-refractivity contribution in [1.82, 2.24) is 10.3 Å². The third-order valence-electron chi connectivity index (χ3n) is 4.11. The maximum absolute atomic E-state index is 12.3. The second-order valence-corrected chi connectivity index (χ2v) is 6.44. The van der Waals surface area contributed by atoms with Gasteiger partial charge in [0, 0.05) is 12.4 Å². The number of nitrogens with one attached hydrogen (secondary N) is 1. The van der Waals surface area contributed by atoms with Gasteiger partial charge in [0.05, 0.1) is 6.04 Å². The summed E-state index contributed by atoms with van der Waals surface area (Å²) in [6.45, 7) is 10.1. The van der Waals surface area contributed by atoms with Crippen LogP contribution in [-0.4, -0.2) is 17.0 Å². The Hall–Kier alpha value is -2.36. The van der Waals surface area contributed by atoms with Gasteiger partial charge in [0.2, 0.25) is 0 Å². The topological polar surface area (TPSA) is 51.2 Å². The second kappa shape index (κ2) is 7.95. The minimum atomic E-state index is -0.557. The number of carbonyl (C=O) groups is 1. The fourth-order valence-corrected chi connectivity index (χ4v) is 2.69. The molecule has 128 valence electrons. The van der Waals surface area contributed by atoms with Gasteiger partial charge >= 0.3 is 0 Å². The zero-order valence-corrected chi connectivity index (χ0v) is 15.0. The summed E-state index contributed by atoms with van der Waals surface area (Å²) >= 11 is 0. The molecule has 0 fully saturated rings. The van der Waals surface area contributed by atoms with Crippen LogP contribution < -0.4 is 10.1 Å². The molecule has 0 bridgehead atoms. The van der Waals surface area contributed by atoms with Crippen molar-refractivity contribution in [2.24, 2.45) is 0 Å². The Morgan fingerprint density at radius 2 is 1.75 bits per heavy atom. The molecular formula is C20H26N2O2. The van der Waals surface area contributed by atoms with Crippen molar-refractivity contribution in [2.75, 3.05) is 0 Å². The fraction of sp³-hybridized carbons (Fsp3) is 0.400. The minimum Gasteiger partial charge on any atom is -0.481 e. The van der Waals surface area contributed by atoms with Gasteiger partial charge in [-0.25, -0.2) is 0 Å². The lowest BCUT2D eigenvalue weighted by Gasteiger charge is -2.20. The number of pyridine rings is 1. The summed E-state index contributed by atoms with van der Waals surface area (Å²) in [5.41, 5.74) is 3.49. The molecule has 1 amide bonds. The zero-order valence-electron chi connectivity index (χ0n) is 15.0. The molecule has 24 heavy (non-hydrogen) atoms. The van der Waals surface area contributed by atoms with Crippen molar-refractivity contribution in [3.05, 3.63) is 59.4 Å². The summed E-state index contributed by atoms with van der Waals surface area (Å²) in [6.07, 6.45) is 2.88. The van der Waals surface area contributed by atoms with Gasteiger partial charge < -0.3 is 10.1 Å². The van der Waals surface area contributed by atoms with Gasteiger partial charge in [-0.3, -0.25) is 9.78 Å². The first-order valence-electron chi connectivity index (χ1n) is 8.36. The van der Waals surface area contributed by atoms with E-state index in [1.807, 2.05) is 31.2 Å². The molecule has 0 aliphatic rings. The quantitative estimate of drug-likeness (QED) is 0.867. The molecule has 1 heterocycles. The van der Waals surface area contributed by atoms with Gasteiger partial charge in [-0.1, -0.05) is 19.9 Å². The highest BCUT2D eigenvalue weighted by Gasteiger charge is 2.18. The summed E-state index contributed by atoms with van der Waals surface area (Å²) in [7, 11) is 0. The fourth-order valence-electron chi connectivity index (χ4n) is 2.69. The van der Waals surface area contributed by atoms with Crippen LogP contribution in [-0.2, 0) is 4.79 Å². The largest absolute Gasteiger partial charge is 0.481 e. The number of rotatable bonds is 6. The van der Waals surface area contributed by atoms with Gasteiger partial charge in [0.15, 0.2) is 6.10 Å². The maximum atomic E-state index is 12.3. The minimum absolute atomic E-state index is 0.0865. The van der Waals surface area contributed by atoms with Crippen LogP contribution in [0.5, 0.6) is 5.75 Å². The second-order valence-electron chi connectivity index (χ2n) is 6.44. The maximum Gasteiger partial charge on any atom is 0.261 e. The van der Waals surface area contributed by atoms with E-state index >= 15 is 0 Å². The molecule has 2 rings (SSSR count). The van der Waals surface area contributed by atoms with Crippen LogP contribution in [0, 0.1) is 6.92 Å². The van der Waals surface area contributed by atoms with Gasteiger partial charge in [0.1, 0.15) is 5.75 Å².